The molecule has 3 nitrogen and oxygen atoms in total. The van der Waals surface area contributed by atoms with E-state index in [1.807, 2.05) is 18.2 Å². The van der Waals surface area contributed by atoms with Crippen LogP contribution in [0.25, 0.3) is 0 Å². The first-order valence-corrected chi connectivity index (χ1v) is 4.56. The fourth-order valence-corrected chi connectivity index (χ4v) is 1.16. The van der Waals surface area contributed by atoms with Gasteiger partial charge in [0, 0.05) is 6.04 Å². The molecule has 0 aliphatic rings. The predicted molar refractivity (Wildman–Crippen MR) is 54.5 cm³/mol. The summed E-state index contributed by atoms with van der Waals surface area (Å²) < 4.78 is 0. The number of aliphatic hydroxyl groups excluding tert-OH is 1. The molecule has 0 aliphatic carbocycles. The first-order valence-electron chi connectivity index (χ1n) is 4.56. The van der Waals surface area contributed by atoms with Gasteiger partial charge in [-0.25, -0.2) is 0 Å². The Labute approximate surface area is 83.8 Å². The Bertz CT molecular complexity index is 324. The summed E-state index contributed by atoms with van der Waals surface area (Å²) in [7, 11) is 0. The third-order valence-corrected chi connectivity index (χ3v) is 2.17. The van der Waals surface area contributed by atoms with E-state index in [1.165, 1.54) is 0 Å². The van der Waals surface area contributed by atoms with E-state index >= 15 is 0 Å². The number of rotatable bonds is 3. The fourth-order valence-electron chi connectivity index (χ4n) is 1.16. The summed E-state index contributed by atoms with van der Waals surface area (Å²) in [5, 5.41) is 17.8. The molecule has 0 bridgehead atoms. The van der Waals surface area contributed by atoms with E-state index in [0.29, 0.717) is 12.0 Å². The molecule has 0 aromatic heterocycles. The molecule has 3 N–H and O–H groups in total. The zero-order chi connectivity index (χ0) is 10.6. The van der Waals surface area contributed by atoms with Crippen molar-refractivity contribution in [1.29, 1.82) is 5.26 Å². The van der Waals surface area contributed by atoms with Gasteiger partial charge in [-0.15, -0.1) is 0 Å². The number of nitrogens with zero attached hydrogens (tertiary/aromatic N) is 1. The third-order valence-electron chi connectivity index (χ3n) is 2.17. The van der Waals surface area contributed by atoms with E-state index in [2.05, 4.69) is 0 Å². The van der Waals surface area contributed by atoms with Crippen LogP contribution >= 0.6 is 0 Å². The standard InChI is InChI=1S/C11H14N2O/c1-8(14)11(13)6-9-2-4-10(7-12)5-3-9/h2-5,8,11,14H,6,13H2,1H3/t8-,11+/m0/s1. The first kappa shape index (κ1) is 10.7. The topological polar surface area (TPSA) is 70.0 Å². The number of aliphatic hydroxyl groups is 1. The molecule has 0 amide bonds. The Morgan fingerprint density at radius 3 is 2.43 bits per heavy atom. The monoisotopic (exact) mass is 190 g/mol. The second-order valence-corrected chi connectivity index (χ2v) is 3.42. The molecule has 0 spiro atoms. The summed E-state index contributed by atoms with van der Waals surface area (Å²) in [5.41, 5.74) is 7.38. The maximum atomic E-state index is 9.21. The normalized spacial score (nSPS) is 14.4. The van der Waals surface area contributed by atoms with Crippen LogP contribution in [0.3, 0.4) is 0 Å². The van der Waals surface area contributed by atoms with Gasteiger partial charge in [0.05, 0.1) is 17.7 Å². The minimum atomic E-state index is -0.509. The zero-order valence-corrected chi connectivity index (χ0v) is 8.14. The van der Waals surface area contributed by atoms with Crippen molar-refractivity contribution in [3.63, 3.8) is 0 Å². The van der Waals surface area contributed by atoms with E-state index in [1.54, 1.807) is 19.1 Å². The molecular formula is C11H14N2O. The molecule has 0 aliphatic heterocycles. The SMILES string of the molecule is C[C@H](O)[C@H](N)Cc1ccc(C#N)cc1. The van der Waals surface area contributed by atoms with Crippen molar-refractivity contribution in [2.24, 2.45) is 5.73 Å². The highest BCUT2D eigenvalue weighted by Crippen LogP contribution is 2.06. The molecule has 1 rings (SSSR count). The Morgan fingerprint density at radius 2 is 2.00 bits per heavy atom. The van der Waals surface area contributed by atoms with Gasteiger partial charge >= 0.3 is 0 Å². The van der Waals surface area contributed by atoms with Crippen LogP contribution in [-0.2, 0) is 6.42 Å². The average molecular weight is 190 g/mol. The molecule has 1 aromatic rings. The zero-order valence-electron chi connectivity index (χ0n) is 8.14. The number of nitrogens with two attached hydrogens (primary N) is 1. The second-order valence-electron chi connectivity index (χ2n) is 3.42. The van der Waals surface area contributed by atoms with Crippen molar-refractivity contribution in [2.75, 3.05) is 0 Å². The largest absolute Gasteiger partial charge is 0.392 e. The quantitative estimate of drug-likeness (QED) is 0.741. The summed E-state index contributed by atoms with van der Waals surface area (Å²) in [5.74, 6) is 0. The van der Waals surface area contributed by atoms with Gasteiger partial charge in [-0.1, -0.05) is 12.1 Å². The van der Waals surface area contributed by atoms with Crippen molar-refractivity contribution in [2.45, 2.75) is 25.5 Å². The van der Waals surface area contributed by atoms with Gasteiger partial charge in [0.2, 0.25) is 0 Å². The van der Waals surface area contributed by atoms with Gasteiger partial charge in [0.15, 0.2) is 0 Å². The molecule has 0 unspecified atom stereocenters. The van der Waals surface area contributed by atoms with Crippen LogP contribution in [0.4, 0.5) is 0 Å². The predicted octanol–water partition coefficient (Wildman–Crippen LogP) is 0.809. The van der Waals surface area contributed by atoms with Crippen molar-refractivity contribution < 1.29 is 5.11 Å². The molecular weight excluding hydrogens is 176 g/mol. The smallest absolute Gasteiger partial charge is 0.0991 e. The van der Waals surface area contributed by atoms with E-state index in [-0.39, 0.29) is 6.04 Å². The Hall–Kier alpha value is -1.37. The maximum Gasteiger partial charge on any atom is 0.0991 e. The average Bonchev–Trinajstić information content (AvgIpc) is 2.19. The van der Waals surface area contributed by atoms with E-state index in [0.717, 1.165) is 5.56 Å². The van der Waals surface area contributed by atoms with Crippen LogP contribution in [0.1, 0.15) is 18.1 Å². The van der Waals surface area contributed by atoms with Gasteiger partial charge in [0.1, 0.15) is 0 Å². The Balaban J connectivity index is 2.65. The highest BCUT2D eigenvalue weighted by atomic mass is 16.3. The lowest BCUT2D eigenvalue weighted by molar-refractivity contribution is 0.163. The molecule has 0 heterocycles. The number of hydrogen-bond acceptors (Lipinski definition) is 3. The third kappa shape index (κ3) is 2.84. The number of nitriles is 1. The molecule has 0 fully saturated rings. The summed E-state index contributed by atoms with van der Waals surface area (Å²) in [6.45, 7) is 1.67. The highest BCUT2D eigenvalue weighted by molar-refractivity contribution is 5.31. The van der Waals surface area contributed by atoms with Crippen LogP contribution in [0.15, 0.2) is 24.3 Å². The van der Waals surface area contributed by atoms with E-state index in [9.17, 15) is 5.11 Å². The number of benzene rings is 1. The van der Waals surface area contributed by atoms with Crippen LogP contribution < -0.4 is 5.73 Å². The lowest BCUT2D eigenvalue weighted by atomic mass is 10.0. The summed E-state index contributed by atoms with van der Waals surface area (Å²) in [6, 6.07) is 9.03. The molecule has 74 valence electrons. The Morgan fingerprint density at radius 1 is 1.43 bits per heavy atom. The molecule has 14 heavy (non-hydrogen) atoms. The van der Waals surface area contributed by atoms with Crippen molar-refractivity contribution in [3.05, 3.63) is 35.4 Å². The highest BCUT2D eigenvalue weighted by Gasteiger charge is 2.09. The van der Waals surface area contributed by atoms with Crippen LogP contribution in [0.5, 0.6) is 0 Å². The van der Waals surface area contributed by atoms with Gasteiger partial charge in [-0.05, 0) is 31.0 Å². The van der Waals surface area contributed by atoms with Crippen molar-refractivity contribution in [1.82, 2.24) is 0 Å². The van der Waals surface area contributed by atoms with Crippen molar-refractivity contribution in [3.8, 4) is 6.07 Å². The number of hydrogen-bond donors (Lipinski definition) is 2. The van der Waals surface area contributed by atoms with Crippen molar-refractivity contribution >= 4 is 0 Å². The van der Waals surface area contributed by atoms with Gasteiger partial charge in [-0.2, -0.15) is 5.26 Å². The molecule has 0 radical (unpaired) electrons. The van der Waals surface area contributed by atoms with Gasteiger partial charge < -0.3 is 10.8 Å². The summed E-state index contributed by atoms with van der Waals surface area (Å²) in [4.78, 5) is 0. The van der Waals surface area contributed by atoms with Crippen LogP contribution in [0.2, 0.25) is 0 Å². The lowest BCUT2D eigenvalue weighted by Crippen LogP contribution is -2.34. The van der Waals surface area contributed by atoms with E-state index in [4.69, 9.17) is 11.0 Å². The minimum Gasteiger partial charge on any atom is -0.392 e. The summed E-state index contributed by atoms with van der Waals surface area (Å²) >= 11 is 0. The molecule has 1 aromatic carbocycles. The summed E-state index contributed by atoms with van der Waals surface area (Å²) in [6.07, 6.45) is 0.120. The molecule has 2 atom stereocenters. The van der Waals surface area contributed by atoms with Gasteiger partial charge in [0.25, 0.3) is 0 Å². The lowest BCUT2D eigenvalue weighted by Gasteiger charge is -2.14. The van der Waals surface area contributed by atoms with Gasteiger partial charge in [-0.3, -0.25) is 0 Å². The maximum absolute atomic E-state index is 9.21. The fraction of sp³-hybridized carbons (Fsp3) is 0.364. The Kier molecular flexibility index (Phi) is 3.63. The van der Waals surface area contributed by atoms with E-state index < -0.39 is 6.10 Å². The second kappa shape index (κ2) is 4.75. The molecule has 3 heteroatoms. The van der Waals surface area contributed by atoms with Crippen LogP contribution in [0, 0.1) is 11.3 Å². The molecule has 0 saturated carbocycles. The first-order chi connectivity index (χ1) is 6.63. The minimum absolute atomic E-state index is 0.247. The van der Waals surface area contributed by atoms with Crippen LogP contribution in [-0.4, -0.2) is 17.3 Å². The molecule has 0 saturated heterocycles.